The summed E-state index contributed by atoms with van der Waals surface area (Å²) in [6, 6.07) is 0. The summed E-state index contributed by atoms with van der Waals surface area (Å²) < 4.78 is 0. The first-order valence-electron chi connectivity index (χ1n) is 8.52. The van der Waals surface area contributed by atoms with Crippen molar-refractivity contribution in [2.75, 3.05) is 0 Å². The molecule has 0 bridgehead atoms. The highest BCUT2D eigenvalue weighted by atomic mass is 16.1. The molecule has 0 aliphatic heterocycles. The number of allylic oxidation sites excluding steroid dienone is 8. The fourth-order valence-electron chi connectivity index (χ4n) is 2.50. The van der Waals surface area contributed by atoms with Crippen molar-refractivity contribution in [1.29, 1.82) is 0 Å². The largest absolute Gasteiger partial charge is 0.290 e. The van der Waals surface area contributed by atoms with Gasteiger partial charge in [0.2, 0.25) is 0 Å². The SMILES string of the molecule is CC/C=C\CCC/C=C1/C(=O)C=CC1C/C=C\CCCC. The molecule has 0 spiro atoms. The van der Waals surface area contributed by atoms with E-state index in [0.29, 0.717) is 5.92 Å². The Morgan fingerprint density at radius 3 is 2.52 bits per heavy atom. The van der Waals surface area contributed by atoms with Gasteiger partial charge in [-0.2, -0.15) is 0 Å². The van der Waals surface area contributed by atoms with Crippen molar-refractivity contribution in [1.82, 2.24) is 0 Å². The number of carbonyl (C=O) groups is 1. The predicted octanol–water partition coefficient (Wildman–Crippen LogP) is 5.94. The molecular formula is C20H30O. The van der Waals surface area contributed by atoms with Crippen molar-refractivity contribution in [3.63, 3.8) is 0 Å². The highest BCUT2D eigenvalue weighted by Crippen LogP contribution is 2.26. The normalized spacial score (nSPS) is 20.6. The quantitative estimate of drug-likeness (QED) is 0.276. The Kier molecular flexibility index (Phi) is 9.52. The molecule has 0 radical (unpaired) electrons. The first-order chi connectivity index (χ1) is 10.3. The van der Waals surface area contributed by atoms with Gasteiger partial charge in [-0.15, -0.1) is 0 Å². The molecule has 1 aliphatic rings. The van der Waals surface area contributed by atoms with Gasteiger partial charge in [0.15, 0.2) is 5.78 Å². The molecule has 1 atom stereocenters. The third kappa shape index (κ3) is 7.27. The molecule has 21 heavy (non-hydrogen) atoms. The molecule has 1 aliphatic carbocycles. The van der Waals surface area contributed by atoms with Crippen LogP contribution in [0.5, 0.6) is 0 Å². The van der Waals surface area contributed by atoms with Crippen LogP contribution in [-0.4, -0.2) is 5.78 Å². The molecule has 1 heteroatoms. The first kappa shape index (κ1) is 17.7. The summed E-state index contributed by atoms with van der Waals surface area (Å²) in [7, 11) is 0. The van der Waals surface area contributed by atoms with Gasteiger partial charge in [0.1, 0.15) is 0 Å². The fraction of sp³-hybridized carbons (Fsp3) is 0.550. The average molecular weight is 286 g/mol. The van der Waals surface area contributed by atoms with E-state index in [1.54, 1.807) is 6.08 Å². The molecule has 0 aromatic carbocycles. The second-order valence-corrected chi connectivity index (χ2v) is 5.65. The van der Waals surface area contributed by atoms with Gasteiger partial charge >= 0.3 is 0 Å². The van der Waals surface area contributed by atoms with Gasteiger partial charge in [-0.1, -0.05) is 63.1 Å². The van der Waals surface area contributed by atoms with Crippen molar-refractivity contribution in [2.24, 2.45) is 5.92 Å². The van der Waals surface area contributed by atoms with Gasteiger partial charge in [-0.3, -0.25) is 4.79 Å². The van der Waals surface area contributed by atoms with Crippen LogP contribution in [0.4, 0.5) is 0 Å². The number of carbonyl (C=O) groups excluding carboxylic acids is 1. The number of ketones is 1. The van der Waals surface area contributed by atoms with E-state index in [-0.39, 0.29) is 5.78 Å². The van der Waals surface area contributed by atoms with Crippen LogP contribution in [0.15, 0.2) is 48.1 Å². The Labute approximate surface area is 130 Å². The molecule has 0 N–H and O–H groups in total. The van der Waals surface area contributed by atoms with Gasteiger partial charge in [0.05, 0.1) is 0 Å². The summed E-state index contributed by atoms with van der Waals surface area (Å²) in [5, 5.41) is 0. The van der Waals surface area contributed by atoms with E-state index in [1.807, 2.05) is 0 Å². The van der Waals surface area contributed by atoms with Gasteiger partial charge in [0, 0.05) is 11.5 Å². The van der Waals surface area contributed by atoms with Gasteiger partial charge in [-0.25, -0.2) is 0 Å². The van der Waals surface area contributed by atoms with Crippen molar-refractivity contribution in [2.45, 2.75) is 65.2 Å². The van der Waals surface area contributed by atoms with E-state index in [4.69, 9.17) is 0 Å². The molecule has 1 nitrogen and oxygen atoms in total. The Bertz CT molecular complexity index is 410. The van der Waals surface area contributed by atoms with E-state index in [2.05, 4.69) is 50.3 Å². The standard InChI is InChI=1S/C20H30O/c1-3-5-7-9-11-13-15-19-18(16-17-20(19)21)14-12-10-8-6-4-2/h5,7,10,12,15-18H,3-4,6,8-9,11,13-14H2,1-2H3/b7-5-,12-10-,19-15+. The summed E-state index contributed by atoms with van der Waals surface area (Å²) in [6.45, 7) is 4.36. The lowest BCUT2D eigenvalue weighted by Crippen LogP contribution is -2.02. The number of hydrogen-bond acceptors (Lipinski definition) is 1. The van der Waals surface area contributed by atoms with Crippen LogP contribution in [0.1, 0.15) is 65.2 Å². The molecule has 1 unspecified atom stereocenters. The molecule has 116 valence electrons. The van der Waals surface area contributed by atoms with E-state index in [0.717, 1.165) is 44.1 Å². The topological polar surface area (TPSA) is 17.1 Å². The molecule has 0 heterocycles. The highest BCUT2D eigenvalue weighted by molar-refractivity contribution is 6.07. The second kappa shape index (κ2) is 11.3. The Hall–Kier alpha value is -1.37. The molecule has 0 aromatic rings. The molecule has 0 fully saturated rings. The maximum Gasteiger partial charge on any atom is 0.181 e. The predicted molar refractivity (Wildman–Crippen MR) is 92.3 cm³/mol. The average Bonchev–Trinajstić information content (AvgIpc) is 2.83. The summed E-state index contributed by atoms with van der Waals surface area (Å²) in [6.07, 6.45) is 23.9. The van der Waals surface area contributed by atoms with Gasteiger partial charge < -0.3 is 0 Å². The maximum atomic E-state index is 11.9. The monoisotopic (exact) mass is 286 g/mol. The molecule has 1 rings (SSSR count). The summed E-state index contributed by atoms with van der Waals surface area (Å²) in [5.41, 5.74) is 1.01. The zero-order valence-electron chi connectivity index (χ0n) is 13.7. The Morgan fingerprint density at radius 1 is 1.00 bits per heavy atom. The number of unbranched alkanes of at least 4 members (excludes halogenated alkanes) is 4. The summed E-state index contributed by atoms with van der Waals surface area (Å²) in [4.78, 5) is 11.9. The lowest BCUT2D eigenvalue weighted by molar-refractivity contribution is -0.111. The first-order valence-corrected chi connectivity index (χ1v) is 8.52. The van der Waals surface area contributed by atoms with E-state index in [1.165, 1.54) is 12.8 Å². The van der Waals surface area contributed by atoms with Gasteiger partial charge in [0.25, 0.3) is 0 Å². The van der Waals surface area contributed by atoms with Gasteiger partial charge in [-0.05, 0) is 44.6 Å². The molecule has 0 amide bonds. The molecular weight excluding hydrogens is 256 g/mol. The molecule has 0 saturated heterocycles. The smallest absolute Gasteiger partial charge is 0.181 e. The van der Waals surface area contributed by atoms with E-state index in [9.17, 15) is 4.79 Å². The van der Waals surface area contributed by atoms with E-state index < -0.39 is 0 Å². The summed E-state index contributed by atoms with van der Waals surface area (Å²) in [5.74, 6) is 0.521. The fourth-order valence-corrected chi connectivity index (χ4v) is 2.50. The van der Waals surface area contributed by atoms with E-state index >= 15 is 0 Å². The minimum Gasteiger partial charge on any atom is -0.290 e. The zero-order valence-corrected chi connectivity index (χ0v) is 13.7. The van der Waals surface area contributed by atoms with Crippen LogP contribution < -0.4 is 0 Å². The van der Waals surface area contributed by atoms with Crippen LogP contribution in [-0.2, 0) is 4.79 Å². The minimum atomic E-state index is 0.214. The second-order valence-electron chi connectivity index (χ2n) is 5.65. The van der Waals surface area contributed by atoms with Crippen molar-refractivity contribution in [3.8, 4) is 0 Å². The third-order valence-electron chi connectivity index (χ3n) is 3.79. The van der Waals surface area contributed by atoms with Crippen LogP contribution in [0.25, 0.3) is 0 Å². The zero-order chi connectivity index (χ0) is 15.3. The van der Waals surface area contributed by atoms with Crippen molar-refractivity contribution < 1.29 is 4.79 Å². The molecule has 0 aromatic heterocycles. The van der Waals surface area contributed by atoms with Crippen LogP contribution in [0, 0.1) is 5.92 Å². The Balaban J connectivity index is 2.37. The van der Waals surface area contributed by atoms with Crippen LogP contribution in [0.3, 0.4) is 0 Å². The summed E-state index contributed by atoms with van der Waals surface area (Å²) >= 11 is 0. The minimum absolute atomic E-state index is 0.214. The lowest BCUT2D eigenvalue weighted by atomic mass is 9.96. The third-order valence-corrected chi connectivity index (χ3v) is 3.79. The number of rotatable bonds is 10. The lowest BCUT2D eigenvalue weighted by Gasteiger charge is -2.07. The highest BCUT2D eigenvalue weighted by Gasteiger charge is 2.21. The Morgan fingerprint density at radius 2 is 1.76 bits per heavy atom. The molecule has 0 saturated carbocycles. The number of hydrogen-bond donors (Lipinski definition) is 0. The maximum absolute atomic E-state index is 11.9. The van der Waals surface area contributed by atoms with Crippen molar-refractivity contribution in [3.05, 3.63) is 48.1 Å². The van der Waals surface area contributed by atoms with Crippen LogP contribution in [0.2, 0.25) is 0 Å². The van der Waals surface area contributed by atoms with Crippen molar-refractivity contribution >= 4 is 5.78 Å². The van der Waals surface area contributed by atoms with Crippen LogP contribution >= 0.6 is 0 Å².